The van der Waals surface area contributed by atoms with E-state index in [0.717, 1.165) is 31.0 Å². The van der Waals surface area contributed by atoms with Gasteiger partial charge in [0.2, 0.25) is 0 Å². The van der Waals surface area contributed by atoms with Crippen molar-refractivity contribution in [2.75, 3.05) is 0 Å². The molecule has 16 heavy (non-hydrogen) atoms. The Morgan fingerprint density at radius 3 is 2.00 bits per heavy atom. The van der Waals surface area contributed by atoms with Crippen LogP contribution in [-0.4, -0.2) is 11.1 Å². The number of rotatable bonds is 3. The van der Waals surface area contributed by atoms with Gasteiger partial charge in [-0.3, -0.25) is 4.79 Å². The van der Waals surface area contributed by atoms with E-state index in [1.165, 1.54) is 0 Å². The summed E-state index contributed by atoms with van der Waals surface area (Å²) in [6, 6.07) is 2.82. The van der Waals surface area contributed by atoms with Crippen LogP contribution in [0.3, 0.4) is 0 Å². The predicted octanol–water partition coefficient (Wildman–Crippen LogP) is 3.37. The molecule has 0 saturated carbocycles. The Hall–Kier alpha value is -1.52. The highest BCUT2D eigenvalue weighted by Crippen LogP contribution is 2.07. The van der Waals surface area contributed by atoms with Crippen LogP contribution in [0.25, 0.3) is 0 Å². The molecule has 5 heteroatoms. The zero-order valence-electron chi connectivity index (χ0n) is 8.84. The fourth-order valence-corrected chi connectivity index (χ4v) is 0.805. The monoisotopic (exact) mass is 234 g/mol. The quantitative estimate of drug-likeness (QED) is 0.814. The van der Waals surface area contributed by atoms with Gasteiger partial charge in [-0.15, -0.1) is 0 Å². The fourth-order valence-electron chi connectivity index (χ4n) is 0.805. The fraction of sp³-hybridized carbons (Fsp3) is 0.364. The number of aliphatic carboxylic acids is 1. The summed E-state index contributed by atoms with van der Waals surface area (Å²) in [6.07, 6.45) is 2.08. The van der Waals surface area contributed by atoms with Crippen LogP contribution in [0, 0.1) is 17.5 Å². The summed E-state index contributed by atoms with van der Waals surface area (Å²) in [6.45, 7) is 1.98. The van der Waals surface area contributed by atoms with E-state index >= 15 is 0 Å². The molecule has 0 aliphatic rings. The van der Waals surface area contributed by atoms with Crippen LogP contribution >= 0.6 is 0 Å². The molecule has 1 N–H and O–H groups in total. The van der Waals surface area contributed by atoms with E-state index in [9.17, 15) is 18.0 Å². The van der Waals surface area contributed by atoms with Crippen molar-refractivity contribution in [3.63, 3.8) is 0 Å². The van der Waals surface area contributed by atoms with Gasteiger partial charge in [-0.05, 0) is 18.6 Å². The molecule has 0 aliphatic heterocycles. The maximum atomic E-state index is 12.0. The summed E-state index contributed by atoms with van der Waals surface area (Å²) in [5, 5.41) is 8.04. The van der Waals surface area contributed by atoms with Gasteiger partial charge in [0.1, 0.15) is 0 Å². The maximum Gasteiger partial charge on any atom is 0.303 e. The Morgan fingerprint density at radius 2 is 1.75 bits per heavy atom. The normalized spacial score (nSPS) is 9.25. The Morgan fingerprint density at radius 1 is 1.25 bits per heavy atom. The Balaban J connectivity index is 0.000000293. The van der Waals surface area contributed by atoms with Crippen molar-refractivity contribution in [3.05, 3.63) is 35.7 Å². The van der Waals surface area contributed by atoms with Gasteiger partial charge in [0.25, 0.3) is 0 Å². The second-order valence-corrected chi connectivity index (χ2v) is 3.03. The molecule has 0 heterocycles. The zero-order chi connectivity index (χ0) is 12.6. The number of benzene rings is 1. The highest BCUT2D eigenvalue weighted by molar-refractivity contribution is 5.66. The smallest absolute Gasteiger partial charge is 0.303 e. The lowest BCUT2D eigenvalue weighted by Crippen LogP contribution is -1.91. The van der Waals surface area contributed by atoms with Gasteiger partial charge in [0, 0.05) is 6.42 Å². The molecule has 0 aromatic heterocycles. The van der Waals surface area contributed by atoms with E-state index in [-0.39, 0.29) is 0 Å². The summed E-state index contributed by atoms with van der Waals surface area (Å²) in [5.74, 6) is -4.43. The van der Waals surface area contributed by atoms with Gasteiger partial charge in [0.05, 0.1) is 0 Å². The second-order valence-electron chi connectivity index (χ2n) is 3.03. The first-order chi connectivity index (χ1) is 7.49. The van der Waals surface area contributed by atoms with Crippen molar-refractivity contribution in [3.8, 4) is 0 Å². The number of halogens is 3. The highest BCUT2D eigenvalue weighted by Gasteiger charge is 2.04. The van der Waals surface area contributed by atoms with Gasteiger partial charge in [0.15, 0.2) is 17.5 Å². The van der Waals surface area contributed by atoms with Gasteiger partial charge in [-0.1, -0.05) is 19.4 Å². The number of hydrogen-bond donors (Lipinski definition) is 1. The van der Waals surface area contributed by atoms with E-state index in [1.807, 2.05) is 6.92 Å². The van der Waals surface area contributed by atoms with Gasteiger partial charge < -0.3 is 5.11 Å². The zero-order valence-corrected chi connectivity index (χ0v) is 8.84. The molecule has 0 unspecified atom stereocenters. The molecule has 0 aliphatic carbocycles. The van der Waals surface area contributed by atoms with E-state index in [0.29, 0.717) is 6.42 Å². The molecule has 0 spiro atoms. The lowest BCUT2D eigenvalue weighted by molar-refractivity contribution is -0.137. The SMILES string of the molecule is CCCCC(=O)O.Fc1cccc(F)c1F. The van der Waals surface area contributed by atoms with Crippen LogP contribution in [-0.2, 0) is 4.79 Å². The summed E-state index contributed by atoms with van der Waals surface area (Å²) in [7, 11) is 0. The number of hydrogen-bond acceptors (Lipinski definition) is 1. The molecule has 0 bridgehead atoms. The summed E-state index contributed by atoms with van der Waals surface area (Å²) in [5.41, 5.74) is 0. The van der Waals surface area contributed by atoms with Gasteiger partial charge >= 0.3 is 5.97 Å². The van der Waals surface area contributed by atoms with E-state index in [2.05, 4.69) is 0 Å². The van der Waals surface area contributed by atoms with Crippen LogP contribution in [0.5, 0.6) is 0 Å². The van der Waals surface area contributed by atoms with Crippen LogP contribution < -0.4 is 0 Å². The van der Waals surface area contributed by atoms with Crippen molar-refractivity contribution in [1.82, 2.24) is 0 Å². The van der Waals surface area contributed by atoms with Crippen LogP contribution in [0.1, 0.15) is 26.2 Å². The van der Waals surface area contributed by atoms with Crippen molar-refractivity contribution in [2.24, 2.45) is 0 Å². The molecular formula is C11H13F3O2. The second kappa shape index (κ2) is 7.73. The lowest BCUT2D eigenvalue weighted by atomic mass is 10.3. The molecule has 0 atom stereocenters. The van der Waals surface area contributed by atoms with E-state index in [1.54, 1.807) is 0 Å². The minimum atomic E-state index is -1.42. The Labute approximate surface area is 91.7 Å². The lowest BCUT2D eigenvalue weighted by Gasteiger charge is -1.90. The largest absolute Gasteiger partial charge is 0.481 e. The topological polar surface area (TPSA) is 37.3 Å². The molecule has 1 aromatic carbocycles. The minimum absolute atomic E-state index is 0.316. The molecule has 0 amide bonds. The third kappa shape index (κ3) is 6.06. The molecule has 0 saturated heterocycles. The predicted molar refractivity (Wildman–Crippen MR) is 53.5 cm³/mol. The summed E-state index contributed by atoms with van der Waals surface area (Å²) in [4.78, 5) is 9.76. The minimum Gasteiger partial charge on any atom is -0.481 e. The molecule has 90 valence electrons. The van der Waals surface area contributed by atoms with E-state index in [4.69, 9.17) is 5.11 Å². The standard InChI is InChI=1S/C6H3F3.C5H10O2/c7-4-2-1-3-5(8)6(4)9;1-2-3-4-5(6)7/h1-3H;2-4H2,1H3,(H,6,7). The first-order valence-corrected chi connectivity index (χ1v) is 4.80. The van der Waals surface area contributed by atoms with Gasteiger partial charge in [-0.25, -0.2) is 13.2 Å². The Bertz CT molecular complexity index is 320. The molecule has 0 radical (unpaired) electrons. The van der Waals surface area contributed by atoms with Crippen LogP contribution in [0.15, 0.2) is 18.2 Å². The molecule has 0 fully saturated rings. The van der Waals surface area contributed by atoms with Crippen molar-refractivity contribution < 1.29 is 23.1 Å². The molecule has 2 nitrogen and oxygen atoms in total. The number of carboxylic acids is 1. The highest BCUT2D eigenvalue weighted by atomic mass is 19.2. The Kier molecular flexibility index (Phi) is 7.00. The van der Waals surface area contributed by atoms with E-state index < -0.39 is 23.4 Å². The van der Waals surface area contributed by atoms with Crippen LogP contribution in [0.2, 0.25) is 0 Å². The first-order valence-electron chi connectivity index (χ1n) is 4.80. The number of carboxylic acid groups (broad SMARTS) is 1. The number of carbonyl (C=O) groups is 1. The first kappa shape index (κ1) is 14.5. The van der Waals surface area contributed by atoms with Crippen molar-refractivity contribution in [1.29, 1.82) is 0 Å². The van der Waals surface area contributed by atoms with Gasteiger partial charge in [-0.2, -0.15) is 0 Å². The average Bonchev–Trinajstić information content (AvgIpc) is 2.24. The average molecular weight is 234 g/mol. The summed E-state index contributed by atoms with van der Waals surface area (Å²) >= 11 is 0. The third-order valence-electron chi connectivity index (χ3n) is 1.65. The van der Waals surface area contributed by atoms with Crippen molar-refractivity contribution in [2.45, 2.75) is 26.2 Å². The molecule has 1 rings (SSSR count). The summed E-state index contributed by atoms with van der Waals surface area (Å²) < 4.78 is 35.9. The maximum absolute atomic E-state index is 12.0. The third-order valence-corrected chi connectivity index (χ3v) is 1.65. The van der Waals surface area contributed by atoms with Crippen LogP contribution in [0.4, 0.5) is 13.2 Å². The van der Waals surface area contributed by atoms with Crippen molar-refractivity contribution >= 4 is 5.97 Å². The molecular weight excluding hydrogens is 221 g/mol. The number of unbranched alkanes of at least 4 members (excludes halogenated alkanes) is 1. The molecule has 1 aromatic rings.